The maximum atomic E-state index is 4.27. The molecule has 10 rings (SSSR count). The summed E-state index contributed by atoms with van der Waals surface area (Å²) < 4.78 is 0. The Kier molecular flexibility index (Phi) is 14.1. The molecule has 0 amide bonds. The number of para-hydroxylation sites is 1. The summed E-state index contributed by atoms with van der Waals surface area (Å²) >= 11 is 0. The van der Waals surface area contributed by atoms with Crippen molar-refractivity contribution < 1.29 is 0 Å². The van der Waals surface area contributed by atoms with Gasteiger partial charge in [-0.1, -0.05) is 87.4 Å². The van der Waals surface area contributed by atoms with E-state index in [2.05, 4.69) is 146 Å². The van der Waals surface area contributed by atoms with Gasteiger partial charge in [-0.2, -0.15) is 25.5 Å². The molecule has 0 aliphatic carbocycles. The number of hydrogen-bond donors (Lipinski definition) is 5. The van der Waals surface area contributed by atoms with Crippen molar-refractivity contribution in [2.24, 2.45) is 0 Å². The van der Waals surface area contributed by atoms with Crippen molar-refractivity contribution >= 4 is 54.8 Å². The van der Waals surface area contributed by atoms with Crippen molar-refractivity contribution in [3.05, 3.63) is 126 Å². The average Bonchev–Trinajstić information content (AvgIpc) is 4.10. The molecule has 1 aromatic carbocycles. The van der Waals surface area contributed by atoms with Gasteiger partial charge >= 0.3 is 0 Å². The number of benzene rings is 1. The molecular formula is C46H56N14. The van der Waals surface area contributed by atoms with Crippen LogP contribution in [-0.2, 0) is 0 Å². The van der Waals surface area contributed by atoms with Crippen LogP contribution in [0.4, 0.5) is 0 Å². The van der Waals surface area contributed by atoms with Crippen molar-refractivity contribution in [1.82, 2.24) is 70.9 Å². The molecule has 0 fully saturated rings. The Morgan fingerprint density at radius 3 is 1.48 bits per heavy atom. The van der Waals surface area contributed by atoms with Gasteiger partial charge < -0.3 is 0 Å². The SMILES string of the molecule is CC(C)c1[nH]nc2ccccc12.CC(C)c1[nH]nc2cccnc12.CC(C)c1[nH]nc2ccncc12.CC(C)c1[nH]nc2cnccc12.CC(C)c1[nH]nc2ncccc12. The van der Waals surface area contributed by atoms with Crippen LogP contribution in [0.15, 0.2) is 97.8 Å². The number of nitrogens with one attached hydrogen (secondary N) is 5. The molecule has 60 heavy (non-hydrogen) atoms. The summed E-state index contributed by atoms with van der Waals surface area (Å²) in [6, 6.07) is 19.9. The first-order valence-electron chi connectivity index (χ1n) is 20.5. The Morgan fingerprint density at radius 1 is 0.350 bits per heavy atom. The van der Waals surface area contributed by atoms with Crippen molar-refractivity contribution in [1.29, 1.82) is 0 Å². The molecule has 0 bridgehead atoms. The fourth-order valence-electron chi connectivity index (χ4n) is 6.64. The van der Waals surface area contributed by atoms with E-state index in [0.717, 1.165) is 61.1 Å². The highest BCUT2D eigenvalue weighted by Crippen LogP contribution is 2.24. The van der Waals surface area contributed by atoms with Gasteiger partial charge in [-0.25, -0.2) is 4.98 Å². The zero-order chi connectivity index (χ0) is 42.8. The van der Waals surface area contributed by atoms with Gasteiger partial charge in [0.25, 0.3) is 0 Å². The summed E-state index contributed by atoms with van der Waals surface area (Å²) in [7, 11) is 0. The summed E-state index contributed by atoms with van der Waals surface area (Å²) in [4.78, 5) is 16.5. The molecule has 10 aromatic rings. The highest BCUT2D eigenvalue weighted by atomic mass is 15.2. The fourth-order valence-corrected chi connectivity index (χ4v) is 6.64. The number of nitrogens with zero attached hydrogens (tertiary/aromatic N) is 9. The third kappa shape index (κ3) is 10.1. The number of aromatic nitrogens is 14. The molecule has 9 heterocycles. The molecule has 0 aliphatic rings. The van der Waals surface area contributed by atoms with Gasteiger partial charge in [0.15, 0.2) is 5.65 Å². The van der Waals surface area contributed by atoms with Gasteiger partial charge in [0, 0.05) is 75.3 Å². The Hall–Kier alpha value is -6.83. The molecule has 0 unspecified atom stereocenters. The normalized spacial score (nSPS) is 11.2. The first kappa shape index (κ1) is 42.8. The topological polar surface area (TPSA) is 195 Å². The van der Waals surface area contributed by atoms with Crippen molar-refractivity contribution in [3.63, 3.8) is 0 Å². The van der Waals surface area contributed by atoms with E-state index in [4.69, 9.17) is 0 Å². The second kappa shape index (κ2) is 19.7. The smallest absolute Gasteiger partial charge is 0.181 e. The second-order valence-electron chi connectivity index (χ2n) is 16.0. The van der Waals surface area contributed by atoms with Gasteiger partial charge in [-0.05, 0) is 72.1 Å². The van der Waals surface area contributed by atoms with E-state index in [1.54, 1.807) is 31.0 Å². The van der Waals surface area contributed by atoms with E-state index in [-0.39, 0.29) is 0 Å². The lowest BCUT2D eigenvalue weighted by atomic mass is 10.1. The summed E-state index contributed by atoms with van der Waals surface area (Å²) in [5, 5.41) is 40.6. The number of aromatic amines is 5. The first-order valence-corrected chi connectivity index (χ1v) is 20.5. The van der Waals surface area contributed by atoms with E-state index in [0.29, 0.717) is 29.6 Å². The summed E-state index contributed by atoms with van der Waals surface area (Å²) in [5.74, 6) is 2.39. The predicted molar refractivity (Wildman–Crippen MR) is 242 cm³/mol. The number of rotatable bonds is 5. The zero-order valence-corrected chi connectivity index (χ0v) is 36.1. The molecule has 9 aromatic heterocycles. The van der Waals surface area contributed by atoms with Gasteiger partial charge in [0.05, 0.1) is 22.9 Å². The lowest BCUT2D eigenvalue weighted by Crippen LogP contribution is -1.88. The van der Waals surface area contributed by atoms with Crippen molar-refractivity contribution in [3.8, 4) is 0 Å². The first-order chi connectivity index (χ1) is 28.9. The highest BCUT2D eigenvalue weighted by molar-refractivity contribution is 5.82. The van der Waals surface area contributed by atoms with Crippen LogP contribution in [0, 0.1) is 0 Å². The zero-order valence-electron chi connectivity index (χ0n) is 36.1. The maximum Gasteiger partial charge on any atom is 0.181 e. The van der Waals surface area contributed by atoms with E-state index < -0.39 is 0 Å². The van der Waals surface area contributed by atoms with Crippen LogP contribution >= 0.6 is 0 Å². The van der Waals surface area contributed by atoms with E-state index in [1.807, 2.05) is 60.8 Å². The summed E-state index contributed by atoms with van der Waals surface area (Å²) in [6.07, 6.45) is 10.7. The molecule has 310 valence electrons. The van der Waals surface area contributed by atoms with Gasteiger partial charge in [0.2, 0.25) is 0 Å². The predicted octanol–water partition coefficient (Wildman–Crippen LogP) is 11.0. The van der Waals surface area contributed by atoms with Crippen LogP contribution < -0.4 is 0 Å². The largest absolute Gasteiger partial charge is 0.281 e. The number of hydrogen-bond acceptors (Lipinski definition) is 9. The minimum absolute atomic E-state index is 0.449. The fraction of sp³-hybridized carbons (Fsp3) is 0.326. The molecule has 5 N–H and O–H groups in total. The number of pyridine rings is 4. The molecule has 0 saturated heterocycles. The Bertz CT molecular complexity index is 2400. The minimum atomic E-state index is 0.449. The van der Waals surface area contributed by atoms with E-state index in [9.17, 15) is 0 Å². The molecule has 0 atom stereocenters. The quantitative estimate of drug-likeness (QED) is 0.112. The third-order valence-electron chi connectivity index (χ3n) is 9.85. The highest BCUT2D eigenvalue weighted by Gasteiger charge is 2.11. The van der Waals surface area contributed by atoms with Crippen LogP contribution in [0.5, 0.6) is 0 Å². The van der Waals surface area contributed by atoms with Crippen LogP contribution in [0.2, 0.25) is 0 Å². The standard InChI is InChI=1S/C10H12N2.4C9H11N3/c1-7(2)10-8-5-3-4-6-9(8)11-12-10;1-6(2)9-7-5-10-4-3-8(7)11-12-9;1-6(2)9-7-3-4-10-5-8(7)11-12-9;1-6(2)8-9-7(11-12-8)4-3-5-10-9;1-6(2)8-7-4-3-5-10-9(7)12-11-8/h3-7H,1-2H3,(H,11,12);3*3-6H,1-2H3,(H,11,12);3-6H,1-2H3,(H,10,11,12). The van der Waals surface area contributed by atoms with E-state index >= 15 is 0 Å². The molecule has 14 heteroatoms. The number of fused-ring (bicyclic) bond motifs is 5. The second-order valence-corrected chi connectivity index (χ2v) is 16.0. The van der Waals surface area contributed by atoms with E-state index in [1.165, 1.54) is 22.2 Å². The van der Waals surface area contributed by atoms with Crippen molar-refractivity contribution in [2.75, 3.05) is 0 Å². The maximum absolute atomic E-state index is 4.27. The molecule has 14 nitrogen and oxygen atoms in total. The lowest BCUT2D eigenvalue weighted by molar-refractivity contribution is 0.815. The van der Waals surface area contributed by atoms with Crippen LogP contribution in [-0.4, -0.2) is 70.9 Å². The molecular weight excluding hydrogens is 749 g/mol. The van der Waals surface area contributed by atoms with Crippen LogP contribution in [0.3, 0.4) is 0 Å². The Balaban J connectivity index is 0.000000126. The minimum Gasteiger partial charge on any atom is -0.281 e. The molecule has 0 saturated carbocycles. The van der Waals surface area contributed by atoms with Crippen LogP contribution in [0.1, 0.15) is 127 Å². The average molecular weight is 805 g/mol. The van der Waals surface area contributed by atoms with Crippen molar-refractivity contribution in [2.45, 2.75) is 98.8 Å². The molecule has 0 aliphatic heterocycles. The number of H-pyrrole nitrogens is 5. The monoisotopic (exact) mass is 804 g/mol. The summed E-state index contributed by atoms with van der Waals surface area (Å²) in [6.45, 7) is 21.4. The Labute approximate surface area is 349 Å². The molecule has 0 spiro atoms. The molecule has 0 radical (unpaired) electrons. The van der Waals surface area contributed by atoms with Crippen LogP contribution in [0.25, 0.3) is 54.8 Å². The van der Waals surface area contributed by atoms with Gasteiger partial charge in [0.1, 0.15) is 16.6 Å². The van der Waals surface area contributed by atoms with Gasteiger partial charge in [-0.15, -0.1) is 0 Å². The lowest BCUT2D eigenvalue weighted by Gasteiger charge is -1.99. The third-order valence-corrected chi connectivity index (χ3v) is 9.85. The summed E-state index contributed by atoms with van der Waals surface area (Å²) in [5.41, 5.74) is 11.6. The Morgan fingerprint density at radius 2 is 0.800 bits per heavy atom. The van der Waals surface area contributed by atoms with Gasteiger partial charge in [-0.3, -0.25) is 40.4 Å².